The number of nitrogens with one attached hydrogen (secondary N) is 2. The number of rotatable bonds is 6. The molecule has 0 radical (unpaired) electrons. The van der Waals surface area contributed by atoms with E-state index in [1.54, 1.807) is 6.92 Å². The number of fused-ring (bicyclic) bond motifs is 8. The molecule has 0 amide bonds. The Morgan fingerprint density at radius 1 is 0.391 bits per heavy atom. The van der Waals surface area contributed by atoms with Crippen LogP contribution in [0, 0.1) is 87.3 Å². The summed E-state index contributed by atoms with van der Waals surface area (Å²) < 4.78 is 234. The lowest BCUT2D eigenvalue weighted by Gasteiger charge is -2.13. The number of carbonyl (C=O) groups is 1. The van der Waals surface area contributed by atoms with Gasteiger partial charge >= 0.3 is 5.97 Å². The Kier molecular flexibility index (Phi) is 11.3. The van der Waals surface area contributed by atoms with Crippen molar-refractivity contribution in [3.63, 3.8) is 0 Å². The molecule has 21 heteroatoms. The SMILES string of the molecule is CC(=O)O[C@@H](C)c1ccc(-c2c3nc(c(-c4c(F)c(F)c(F)c(F)c4F)c4ccc([nH]4)c(-c4c(F)c(F)c(F)c(F)c4F)c4nc(c(-c5c(F)c(F)c(F)c(F)c5F)c5ccc2[nH]5)C=C4)C=C3)cc1. The number of nitrogens with zero attached hydrogens (tertiary/aromatic N) is 2. The number of halogens is 15. The third-order valence-electron chi connectivity index (χ3n) is 11.1. The number of aromatic nitrogens is 4. The molecule has 1 atom stereocenters. The first-order valence-electron chi connectivity index (χ1n) is 19.7. The van der Waals surface area contributed by atoms with Gasteiger partial charge in [0, 0.05) is 51.2 Å². The van der Waals surface area contributed by atoms with Crippen molar-refractivity contribution in [1.29, 1.82) is 0 Å². The van der Waals surface area contributed by atoms with Crippen LogP contribution >= 0.6 is 0 Å². The van der Waals surface area contributed by atoms with Crippen LogP contribution in [0.2, 0.25) is 0 Å². The predicted molar refractivity (Wildman–Crippen MR) is 220 cm³/mol. The summed E-state index contributed by atoms with van der Waals surface area (Å²) in [6, 6.07) is 9.84. The van der Waals surface area contributed by atoms with Crippen LogP contribution in [0.15, 0.2) is 48.5 Å². The first-order chi connectivity index (χ1) is 32.7. The van der Waals surface area contributed by atoms with Crippen molar-refractivity contribution in [2.45, 2.75) is 20.0 Å². The van der Waals surface area contributed by atoms with Crippen LogP contribution in [0.5, 0.6) is 0 Å². The zero-order valence-electron chi connectivity index (χ0n) is 34.4. The van der Waals surface area contributed by atoms with E-state index in [4.69, 9.17) is 4.74 Å². The van der Waals surface area contributed by atoms with Crippen molar-refractivity contribution in [3.05, 3.63) is 164 Å². The fraction of sp³-hybridized carbons (Fsp3) is 0.0625. The van der Waals surface area contributed by atoms with Gasteiger partial charge in [-0.15, -0.1) is 0 Å². The molecule has 2 aliphatic rings. The molecule has 0 fully saturated rings. The number of hydrogen-bond donors (Lipinski definition) is 2. The van der Waals surface area contributed by atoms with E-state index in [0.29, 0.717) is 5.56 Å². The van der Waals surface area contributed by atoms with Crippen LogP contribution in [0.1, 0.15) is 48.3 Å². The van der Waals surface area contributed by atoms with Crippen molar-refractivity contribution in [1.82, 2.24) is 19.9 Å². The molecule has 0 saturated carbocycles. The Hall–Kier alpha value is -8.10. The molecule has 2 aliphatic heterocycles. The number of carbonyl (C=O) groups excluding carboxylic acids is 1. The summed E-state index contributed by atoms with van der Waals surface area (Å²) in [6.45, 7) is 2.71. The molecule has 0 unspecified atom stereocenters. The maximum Gasteiger partial charge on any atom is 0.303 e. The molecular formula is C48H21F15N4O2. The maximum absolute atomic E-state index is 15.9. The zero-order valence-corrected chi connectivity index (χ0v) is 34.4. The van der Waals surface area contributed by atoms with Gasteiger partial charge in [-0.3, -0.25) is 4.79 Å². The molecule has 0 aliphatic carbocycles. The molecule has 9 rings (SSSR count). The highest BCUT2D eigenvalue weighted by Crippen LogP contribution is 2.43. The van der Waals surface area contributed by atoms with Gasteiger partial charge in [0.15, 0.2) is 69.8 Å². The summed E-state index contributed by atoms with van der Waals surface area (Å²) in [6.07, 6.45) is 3.03. The molecule has 4 aromatic carbocycles. The molecule has 350 valence electrons. The molecule has 2 N–H and O–H groups in total. The largest absolute Gasteiger partial charge is 0.458 e. The highest BCUT2D eigenvalue weighted by atomic mass is 19.2. The highest BCUT2D eigenvalue weighted by Gasteiger charge is 2.34. The number of ether oxygens (including phenoxy) is 1. The molecular weight excluding hydrogens is 950 g/mol. The van der Waals surface area contributed by atoms with Crippen LogP contribution in [0.3, 0.4) is 0 Å². The average molecular weight is 971 g/mol. The van der Waals surface area contributed by atoms with Gasteiger partial charge < -0.3 is 14.7 Å². The molecule has 5 heterocycles. The van der Waals surface area contributed by atoms with Gasteiger partial charge in [0.2, 0.25) is 17.5 Å². The van der Waals surface area contributed by atoms with Gasteiger partial charge in [0.25, 0.3) is 0 Å². The van der Waals surface area contributed by atoms with Gasteiger partial charge in [-0.05, 0) is 66.6 Å². The van der Waals surface area contributed by atoms with Crippen LogP contribution in [0.4, 0.5) is 65.9 Å². The van der Waals surface area contributed by atoms with Crippen LogP contribution in [0.25, 0.3) is 90.9 Å². The fourth-order valence-electron chi connectivity index (χ4n) is 8.01. The lowest BCUT2D eigenvalue weighted by Crippen LogP contribution is -2.06. The van der Waals surface area contributed by atoms with Crippen molar-refractivity contribution in [3.8, 4) is 44.5 Å². The van der Waals surface area contributed by atoms with E-state index < -0.39 is 166 Å². The van der Waals surface area contributed by atoms with Gasteiger partial charge in [-0.2, -0.15) is 0 Å². The average Bonchev–Trinajstić information content (AvgIpc) is 4.19. The van der Waals surface area contributed by atoms with E-state index in [0.717, 1.165) is 36.4 Å². The number of benzene rings is 4. The van der Waals surface area contributed by atoms with Crippen LogP contribution in [-0.2, 0) is 9.53 Å². The second-order valence-corrected chi connectivity index (χ2v) is 15.2. The van der Waals surface area contributed by atoms with Gasteiger partial charge in [0.1, 0.15) is 6.10 Å². The summed E-state index contributed by atoms with van der Waals surface area (Å²) >= 11 is 0. The summed E-state index contributed by atoms with van der Waals surface area (Å²) in [4.78, 5) is 25.5. The molecule has 3 aromatic heterocycles. The molecule has 7 aromatic rings. The summed E-state index contributed by atoms with van der Waals surface area (Å²) in [7, 11) is 0. The van der Waals surface area contributed by atoms with E-state index in [1.807, 2.05) is 0 Å². The normalized spacial score (nSPS) is 12.6. The Bertz CT molecular complexity index is 3500. The lowest BCUT2D eigenvalue weighted by atomic mass is 10.0. The monoisotopic (exact) mass is 970 g/mol. The van der Waals surface area contributed by atoms with Gasteiger partial charge in [-0.25, -0.2) is 75.8 Å². The smallest absolute Gasteiger partial charge is 0.303 e. The third kappa shape index (κ3) is 7.30. The van der Waals surface area contributed by atoms with Crippen molar-refractivity contribution < 1.29 is 75.4 Å². The second-order valence-electron chi connectivity index (χ2n) is 15.2. The van der Waals surface area contributed by atoms with E-state index in [-0.39, 0.29) is 22.3 Å². The zero-order chi connectivity index (χ0) is 49.7. The predicted octanol–water partition coefficient (Wildman–Crippen LogP) is 14.0. The number of hydrogen-bond acceptors (Lipinski definition) is 4. The van der Waals surface area contributed by atoms with E-state index >= 15 is 43.9 Å². The minimum atomic E-state index is -2.63. The lowest BCUT2D eigenvalue weighted by molar-refractivity contribution is -0.145. The molecule has 0 saturated heterocycles. The van der Waals surface area contributed by atoms with Gasteiger partial charge in [0.05, 0.1) is 39.5 Å². The summed E-state index contributed by atoms with van der Waals surface area (Å²) in [5.74, 6) is -37.6. The second kappa shape index (κ2) is 16.9. The molecule has 6 nitrogen and oxygen atoms in total. The van der Waals surface area contributed by atoms with E-state index in [1.165, 1.54) is 43.3 Å². The van der Waals surface area contributed by atoms with E-state index in [2.05, 4.69) is 19.9 Å². The van der Waals surface area contributed by atoms with Crippen LogP contribution in [-0.4, -0.2) is 25.9 Å². The number of H-pyrrole nitrogens is 2. The summed E-state index contributed by atoms with van der Waals surface area (Å²) in [5, 5.41) is 0. The highest BCUT2D eigenvalue weighted by molar-refractivity contribution is 6.00. The molecule has 0 spiro atoms. The first kappa shape index (κ1) is 46.0. The Balaban J connectivity index is 1.52. The quantitative estimate of drug-likeness (QED) is 0.0753. The topological polar surface area (TPSA) is 83.7 Å². The number of aromatic amines is 2. The Morgan fingerprint density at radius 2 is 0.652 bits per heavy atom. The summed E-state index contributed by atoms with van der Waals surface area (Å²) in [5.41, 5.74) is -11.7. The van der Waals surface area contributed by atoms with Crippen molar-refractivity contribution in [2.24, 2.45) is 0 Å². The van der Waals surface area contributed by atoms with Crippen LogP contribution < -0.4 is 0 Å². The van der Waals surface area contributed by atoms with Gasteiger partial charge in [-0.1, -0.05) is 24.3 Å². The maximum atomic E-state index is 15.9. The minimum Gasteiger partial charge on any atom is -0.458 e. The Morgan fingerprint density at radius 3 is 0.942 bits per heavy atom. The first-order valence-corrected chi connectivity index (χ1v) is 19.7. The molecule has 69 heavy (non-hydrogen) atoms. The minimum absolute atomic E-state index is 0.00920. The number of esters is 1. The fourth-order valence-corrected chi connectivity index (χ4v) is 8.01. The van der Waals surface area contributed by atoms with Crippen molar-refractivity contribution >= 4 is 52.3 Å². The standard InChI is InChI=1S/C48H21F15N4O2/c1-15(69-16(2)68)17-3-5-18(6-4-17)27-19-7-9-21(64-19)28(31-34(49)40(55)46(61)41(56)35(31)50)23-11-13-25(66-23)30(33-38(53)44(59)48(63)45(60)39(33)54)26-14-12-24(67-26)29(22-10-8-20(27)65-22)32-36(51)42(57)47(62)43(58)37(32)52/h3-15,64,67H,1-2H3/t15-/m0/s1. The third-order valence-corrected chi connectivity index (χ3v) is 11.1. The van der Waals surface area contributed by atoms with Crippen molar-refractivity contribution in [2.75, 3.05) is 0 Å². The van der Waals surface area contributed by atoms with E-state index in [9.17, 15) is 26.7 Å². The molecule has 8 bridgehead atoms. The Labute approximate surface area is 375 Å².